The van der Waals surface area contributed by atoms with E-state index in [0.29, 0.717) is 24.6 Å². The molecule has 5 nitrogen and oxygen atoms in total. The van der Waals surface area contributed by atoms with Crippen LogP contribution in [0.1, 0.15) is 12.5 Å². The summed E-state index contributed by atoms with van der Waals surface area (Å²) in [6.07, 6.45) is -0.0783. The molecular formula is C19H23F2N3O2. The first-order valence-corrected chi connectivity index (χ1v) is 8.27. The highest BCUT2D eigenvalue weighted by molar-refractivity contribution is 5.79. The molecular weight excluding hydrogens is 340 g/mol. The Morgan fingerprint density at radius 1 is 1.00 bits per heavy atom. The molecule has 2 aromatic rings. The van der Waals surface area contributed by atoms with Crippen LogP contribution in [0.25, 0.3) is 0 Å². The molecule has 2 aromatic carbocycles. The molecule has 0 aliphatic carbocycles. The summed E-state index contributed by atoms with van der Waals surface area (Å²) in [5, 5.41) is 6.22. The van der Waals surface area contributed by atoms with E-state index in [1.165, 1.54) is 6.07 Å². The van der Waals surface area contributed by atoms with Gasteiger partial charge < -0.3 is 20.1 Å². The van der Waals surface area contributed by atoms with Gasteiger partial charge >= 0.3 is 6.61 Å². The number of ether oxygens (including phenoxy) is 2. The predicted octanol–water partition coefficient (Wildman–Crippen LogP) is 3.42. The van der Waals surface area contributed by atoms with Crippen molar-refractivity contribution in [3.05, 3.63) is 60.2 Å². The first-order chi connectivity index (χ1) is 12.6. The Kier molecular flexibility index (Phi) is 7.67. The highest BCUT2D eigenvalue weighted by Crippen LogP contribution is 2.19. The number of aliphatic imine (C=N–C) groups is 1. The van der Waals surface area contributed by atoms with Gasteiger partial charge in [-0.1, -0.05) is 36.4 Å². The number of benzene rings is 2. The number of rotatable bonds is 8. The number of alkyl halides is 2. The van der Waals surface area contributed by atoms with Gasteiger partial charge in [0.2, 0.25) is 0 Å². The number of guanidine groups is 1. The van der Waals surface area contributed by atoms with Crippen molar-refractivity contribution in [1.29, 1.82) is 0 Å². The number of nitrogens with zero attached hydrogens (tertiary/aromatic N) is 1. The number of hydrogen-bond acceptors (Lipinski definition) is 3. The van der Waals surface area contributed by atoms with Crippen LogP contribution >= 0.6 is 0 Å². The lowest BCUT2D eigenvalue weighted by Crippen LogP contribution is -2.41. The molecule has 7 heteroatoms. The smallest absolute Gasteiger partial charge is 0.387 e. The SMILES string of the molecule is CN=C(NCc1ccccc1OC(F)F)NCC(C)Oc1ccccc1. The van der Waals surface area contributed by atoms with Gasteiger partial charge in [-0.05, 0) is 25.1 Å². The largest absolute Gasteiger partial charge is 0.489 e. The molecule has 0 radical (unpaired) electrons. The van der Waals surface area contributed by atoms with Gasteiger partial charge in [-0.15, -0.1) is 0 Å². The van der Waals surface area contributed by atoms with Crippen molar-refractivity contribution in [2.45, 2.75) is 26.2 Å². The summed E-state index contributed by atoms with van der Waals surface area (Å²) in [5.41, 5.74) is 0.615. The second-order valence-corrected chi connectivity index (χ2v) is 5.53. The maximum atomic E-state index is 12.5. The fraction of sp³-hybridized carbons (Fsp3) is 0.316. The number of halogens is 2. The highest BCUT2D eigenvalue weighted by Gasteiger charge is 2.10. The average molecular weight is 363 g/mol. The zero-order chi connectivity index (χ0) is 18.8. The Balaban J connectivity index is 1.83. The molecule has 0 heterocycles. The summed E-state index contributed by atoms with van der Waals surface area (Å²) in [4.78, 5) is 4.12. The van der Waals surface area contributed by atoms with E-state index in [0.717, 1.165) is 5.75 Å². The zero-order valence-corrected chi connectivity index (χ0v) is 14.8. The Morgan fingerprint density at radius 3 is 2.38 bits per heavy atom. The fourth-order valence-electron chi connectivity index (χ4n) is 2.27. The summed E-state index contributed by atoms with van der Waals surface area (Å²) in [6.45, 7) is -0.0798. The minimum atomic E-state index is -2.86. The fourth-order valence-corrected chi connectivity index (χ4v) is 2.27. The minimum absolute atomic E-state index is 0.0783. The van der Waals surface area contributed by atoms with Gasteiger partial charge in [0, 0.05) is 19.2 Å². The summed E-state index contributed by atoms with van der Waals surface area (Å²) in [7, 11) is 1.64. The summed E-state index contributed by atoms with van der Waals surface area (Å²) in [6, 6.07) is 16.2. The molecule has 0 saturated carbocycles. The van der Waals surface area contributed by atoms with E-state index in [1.54, 1.807) is 25.2 Å². The molecule has 2 rings (SSSR count). The van der Waals surface area contributed by atoms with Crippen molar-refractivity contribution in [3.63, 3.8) is 0 Å². The summed E-state index contributed by atoms with van der Waals surface area (Å²) >= 11 is 0. The van der Waals surface area contributed by atoms with Crippen LogP contribution in [-0.4, -0.2) is 32.3 Å². The maximum Gasteiger partial charge on any atom is 0.387 e. The molecule has 2 N–H and O–H groups in total. The molecule has 0 bridgehead atoms. The molecule has 0 aliphatic heterocycles. The average Bonchev–Trinajstić information content (AvgIpc) is 2.63. The number of hydrogen-bond donors (Lipinski definition) is 2. The van der Waals surface area contributed by atoms with E-state index >= 15 is 0 Å². The van der Waals surface area contributed by atoms with Gasteiger partial charge in [-0.3, -0.25) is 4.99 Å². The van der Waals surface area contributed by atoms with Gasteiger partial charge in [-0.25, -0.2) is 0 Å². The van der Waals surface area contributed by atoms with Crippen LogP contribution in [0.4, 0.5) is 8.78 Å². The number of para-hydroxylation sites is 2. The Bertz CT molecular complexity index is 696. The molecule has 1 unspecified atom stereocenters. The zero-order valence-electron chi connectivity index (χ0n) is 14.8. The van der Waals surface area contributed by atoms with E-state index in [-0.39, 0.29) is 11.9 Å². The highest BCUT2D eigenvalue weighted by atomic mass is 19.3. The standard InChI is InChI=1S/C19H23F2N3O2/c1-14(25-16-9-4-3-5-10-16)12-23-19(22-2)24-13-15-8-6-7-11-17(15)26-18(20)21/h3-11,14,18H,12-13H2,1-2H3,(H2,22,23,24). The quantitative estimate of drug-likeness (QED) is 0.557. The molecule has 0 fully saturated rings. The predicted molar refractivity (Wildman–Crippen MR) is 97.8 cm³/mol. The third kappa shape index (κ3) is 6.58. The lowest BCUT2D eigenvalue weighted by Gasteiger charge is -2.18. The molecule has 0 saturated heterocycles. The second kappa shape index (κ2) is 10.2. The molecule has 0 amide bonds. The summed E-state index contributed by atoms with van der Waals surface area (Å²) in [5.74, 6) is 1.48. The lowest BCUT2D eigenvalue weighted by atomic mass is 10.2. The Morgan fingerprint density at radius 2 is 1.69 bits per heavy atom. The van der Waals surface area contributed by atoms with Gasteiger partial charge in [-0.2, -0.15) is 8.78 Å². The van der Waals surface area contributed by atoms with E-state index in [2.05, 4.69) is 20.4 Å². The second-order valence-electron chi connectivity index (χ2n) is 5.53. The normalized spacial score (nSPS) is 12.6. The Hall–Kier alpha value is -2.83. The first-order valence-electron chi connectivity index (χ1n) is 8.27. The van der Waals surface area contributed by atoms with Crippen LogP contribution in [0.15, 0.2) is 59.6 Å². The third-order valence-corrected chi connectivity index (χ3v) is 3.50. The summed E-state index contributed by atoms with van der Waals surface area (Å²) < 4.78 is 35.2. The molecule has 0 spiro atoms. The van der Waals surface area contributed by atoms with Crippen LogP contribution in [0.3, 0.4) is 0 Å². The van der Waals surface area contributed by atoms with Crippen molar-refractivity contribution in [2.75, 3.05) is 13.6 Å². The molecule has 0 aromatic heterocycles. The van der Waals surface area contributed by atoms with E-state index in [1.807, 2.05) is 37.3 Å². The van der Waals surface area contributed by atoms with Crippen molar-refractivity contribution in [1.82, 2.24) is 10.6 Å². The van der Waals surface area contributed by atoms with Crippen LogP contribution in [0.5, 0.6) is 11.5 Å². The minimum Gasteiger partial charge on any atom is -0.489 e. The van der Waals surface area contributed by atoms with E-state index in [4.69, 9.17) is 4.74 Å². The Labute approximate surface area is 152 Å². The molecule has 0 aliphatic rings. The van der Waals surface area contributed by atoms with Crippen LogP contribution in [0, 0.1) is 0 Å². The van der Waals surface area contributed by atoms with Crippen LogP contribution in [-0.2, 0) is 6.54 Å². The van der Waals surface area contributed by atoms with Crippen LogP contribution in [0.2, 0.25) is 0 Å². The van der Waals surface area contributed by atoms with Crippen LogP contribution < -0.4 is 20.1 Å². The van der Waals surface area contributed by atoms with Crippen molar-refractivity contribution in [3.8, 4) is 11.5 Å². The molecule has 1 atom stereocenters. The monoisotopic (exact) mass is 363 g/mol. The van der Waals surface area contributed by atoms with Gasteiger partial charge in [0.1, 0.15) is 17.6 Å². The van der Waals surface area contributed by atoms with Crippen molar-refractivity contribution in [2.24, 2.45) is 4.99 Å². The van der Waals surface area contributed by atoms with E-state index in [9.17, 15) is 8.78 Å². The molecule has 140 valence electrons. The van der Waals surface area contributed by atoms with Gasteiger partial charge in [0.05, 0.1) is 6.54 Å². The molecule has 26 heavy (non-hydrogen) atoms. The topological polar surface area (TPSA) is 54.9 Å². The lowest BCUT2D eigenvalue weighted by molar-refractivity contribution is -0.0504. The first kappa shape index (κ1) is 19.5. The van der Waals surface area contributed by atoms with Crippen molar-refractivity contribution < 1.29 is 18.3 Å². The maximum absolute atomic E-state index is 12.5. The van der Waals surface area contributed by atoms with Gasteiger partial charge in [0.25, 0.3) is 0 Å². The van der Waals surface area contributed by atoms with E-state index < -0.39 is 6.61 Å². The van der Waals surface area contributed by atoms with Gasteiger partial charge in [0.15, 0.2) is 5.96 Å². The van der Waals surface area contributed by atoms with Crippen molar-refractivity contribution >= 4 is 5.96 Å². The third-order valence-electron chi connectivity index (χ3n) is 3.50. The number of nitrogens with one attached hydrogen (secondary N) is 2.